The molecule has 0 unspecified atom stereocenters. The molecule has 1 saturated carbocycles. The van der Waals surface area contributed by atoms with E-state index in [1.54, 1.807) is 0 Å². The zero-order chi connectivity index (χ0) is 9.80. The zero-order valence-electron chi connectivity index (χ0n) is 8.21. The predicted octanol–water partition coefficient (Wildman–Crippen LogP) is 3.40. The van der Waals surface area contributed by atoms with Crippen LogP contribution in [0.1, 0.15) is 24.8 Å². The highest BCUT2D eigenvalue weighted by Gasteiger charge is 2.23. The van der Waals surface area contributed by atoms with Crippen molar-refractivity contribution in [3.05, 3.63) is 29.8 Å². The molecule has 0 radical (unpaired) electrons. The lowest BCUT2D eigenvalue weighted by atomic mass is 10.1. The maximum Gasteiger partial charge on any atom is 0.119 e. The second kappa shape index (κ2) is 4.70. The summed E-state index contributed by atoms with van der Waals surface area (Å²) < 4.78 is 5.66. The summed E-state index contributed by atoms with van der Waals surface area (Å²) in [5.41, 5.74) is 1.34. The summed E-state index contributed by atoms with van der Waals surface area (Å²) in [6, 6.07) is 8.37. The lowest BCUT2D eigenvalue weighted by molar-refractivity contribution is 0.303. The first-order chi connectivity index (χ1) is 6.88. The Hall–Kier alpha value is -0.690. The highest BCUT2D eigenvalue weighted by molar-refractivity contribution is 6.17. The van der Waals surface area contributed by atoms with Crippen LogP contribution in [0.4, 0.5) is 0 Å². The van der Waals surface area contributed by atoms with E-state index in [4.69, 9.17) is 16.3 Å². The van der Waals surface area contributed by atoms with Gasteiger partial charge in [-0.3, -0.25) is 0 Å². The van der Waals surface area contributed by atoms with Gasteiger partial charge in [0.1, 0.15) is 5.75 Å². The number of hydrogen-bond acceptors (Lipinski definition) is 1. The summed E-state index contributed by atoms with van der Waals surface area (Å²) in [4.78, 5) is 0. The van der Waals surface area contributed by atoms with Crippen LogP contribution in [0.2, 0.25) is 0 Å². The molecule has 14 heavy (non-hydrogen) atoms. The number of alkyl halides is 1. The molecule has 2 rings (SSSR count). The van der Waals surface area contributed by atoms with Crippen molar-refractivity contribution in [1.29, 1.82) is 0 Å². The van der Waals surface area contributed by atoms with Gasteiger partial charge in [0, 0.05) is 5.88 Å². The third-order valence-corrected chi connectivity index (χ3v) is 2.62. The van der Waals surface area contributed by atoms with Crippen molar-refractivity contribution in [3.63, 3.8) is 0 Å². The molecule has 1 aromatic rings. The van der Waals surface area contributed by atoms with Crippen LogP contribution < -0.4 is 4.74 Å². The number of benzene rings is 1. The van der Waals surface area contributed by atoms with Crippen LogP contribution in [0.3, 0.4) is 0 Å². The maximum absolute atomic E-state index is 5.66. The highest BCUT2D eigenvalue weighted by Crippen LogP contribution is 2.26. The van der Waals surface area contributed by atoms with E-state index in [1.165, 1.54) is 18.4 Å². The van der Waals surface area contributed by atoms with Gasteiger partial charge in [0.25, 0.3) is 0 Å². The normalized spacial score (nSPS) is 15.5. The predicted molar refractivity (Wildman–Crippen MR) is 59.1 cm³/mol. The van der Waals surface area contributed by atoms with E-state index in [2.05, 4.69) is 24.3 Å². The van der Waals surface area contributed by atoms with Gasteiger partial charge in [-0.2, -0.15) is 0 Å². The molecule has 1 aromatic carbocycles. The molecule has 0 bridgehead atoms. The summed E-state index contributed by atoms with van der Waals surface area (Å²) in [5.74, 6) is 1.74. The highest BCUT2D eigenvalue weighted by atomic mass is 35.5. The smallest absolute Gasteiger partial charge is 0.119 e. The average Bonchev–Trinajstić information content (AvgIpc) is 3.01. The van der Waals surface area contributed by atoms with Crippen molar-refractivity contribution in [2.45, 2.75) is 31.8 Å². The lowest BCUT2D eigenvalue weighted by Gasteiger charge is -2.05. The molecule has 0 aliphatic heterocycles. The van der Waals surface area contributed by atoms with Crippen molar-refractivity contribution in [3.8, 4) is 5.75 Å². The Morgan fingerprint density at radius 3 is 2.50 bits per heavy atom. The molecule has 1 aliphatic carbocycles. The van der Waals surface area contributed by atoms with Gasteiger partial charge in [0.05, 0.1) is 6.10 Å². The van der Waals surface area contributed by atoms with Gasteiger partial charge in [0.2, 0.25) is 0 Å². The first-order valence-corrected chi connectivity index (χ1v) is 5.73. The fraction of sp³-hybridized carbons (Fsp3) is 0.500. The fourth-order valence-electron chi connectivity index (χ4n) is 1.38. The van der Waals surface area contributed by atoms with Crippen LogP contribution in [0, 0.1) is 0 Å². The molecule has 0 saturated heterocycles. The van der Waals surface area contributed by atoms with Gasteiger partial charge in [0.15, 0.2) is 0 Å². The quantitative estimate of drug-likeness (QED) is 0.677. The third kappa shape index (κ3) is 2.91. The van der Waals surface area contributed by atoms with E-state index >= 15 is 0 Å². The third-order valence-electron chi connectivity index (χ3n) is 2.35. The number of aryl methyl sites for hydroxylation is 1. The minimum atomic E-state index is 0.490. The molecule has 0 amide bonds. The molecule has 0 N–H and O–H groups in total. The maximum atomic E-state index is 5.66. The molecule has 0 spiro atoms. The molecule has 0 aromatic heterocycles. The Labute approximate surface area is 90.0 Å². The van der Waals surface area contributed by atoms with Gasteiger partial charge in [-0.15, -0.1) is 11.6 Å². The van der Waals surface area contributed by atoms with E-state index in [0.717, 1.165) is 24.5 Å². The van der Waals surface area contributed by atoms with E-state index in [1.807, 2.05) is 0 Å². The Morgan fingerprint density at radius 2 is 1.93 bits per heavy atom. The topological polar surface area (TPSA) is 9.23 Å². The van der Waals surface area contributed by atoms with Crippen LogP contribution in [-0.4, -0.2) is 12.0 Å². The van der Waals surface area contributed by atoms with Crippen molar-refractivity contribution < 1.29 is 4.74 Å². The minimum absolute atomic E-state index is 0.490. The largest absolute Gasteiger partial charge is 0.490 e. The summed E-state index contributed by atoms with van der Waals surface area (Å²) >= 11 is 5.64. The van der Waals surface area contributed by atoms with Crippen LogP contribution in [0.25, 0.3) is 0 Å². The van der Waals surface area contributed by atoms with Gasteiger partial charge >= 0.3 is 0 Å². The van der Waals surface area contributed by atoms with Crippen LogP contribution in [0.5, 0.6) is 5.75 Å². The van der Waals surface area contributed by atoms with Crippen molar-refractivity contribution in [2.24, 2.45) is 0 Å². The second-order valence-corrected chi connectivity index (χ2v) is 4.13. The van der Waals surface area contributed by atoms with Crippen LogP contribution in [-0.2, 0) is 6.42 Å². The Kier molecular flexibility index (Phi) is 3.30. The summed E-state index contributed by atoms with van der Waals surface area (Å²) in [5, 5.41) is 0. The molecule has 1 nitrogen and oxygen atoms in total. The van der Waals surface area contributed by atoms with Crippen molar-refractivity contribution >= 4 is 11.6 Å². The summed E-state index contributed by atoms with van der Waals surface area (Å²) in [6.45, 7) is 0. The van der Waals surface area contributed by atoms with Gasteiger partial charge in [-0.25, -0.2) is 0 Å². The van der Waals surface area contributed by atoms with Crippen LogP contribution in [0.15, 0.2) is 24.3 Å². The molecular weight excluding hydrogens is 196 g/mol. The first kappa shape index (κ1) is 9.85. The Balaban J connectivity index is 1.88. The molecule has 2 heteroatoms. The van der Waals surface area contributed by atoms with Crippen molar-refractivity contribution in [2.75, 3.05) is 5.88 Å². The molecule has 1 fully saturated rings. The zero-order valence-corrected chi connectivity index (χ0v) is 8.96. The van der Waals surface area contributed by atoms with Crippen molar-refractivity contribution in [1.82, 2.24) is 0 Å². The number of hydrogen-bond donors (Lipinski definition) is 0. The van der Waals surface area contributed by atoms with E-state index in [0.29, 0.717) is 6.10 Å². The Morgan fingerprint density at radius 1 is 1.21 bits per heavy atom. The number of rotatable bonds is 5. The molecule has 0 heterocycles. The SMILES string of the molecule is ClCCCc1ccc(OC2CC2)cc1. The molecule has 0 atom stereocenters. The van der Waals surface area contributed by atoms with Gasteiger partial charge in [-0.05, 0) is 43.4 Å². The van der Waals surface area contributed by atoms with E-state index in [-0.39, 0.29) is 0 Å². The molecule has 76 valence electrons. The molecular formula is C12H15ClO. The van der Waals surface area contributed by atoms with E-state index in [9.17, 15) is 0 Å². The standard InChI is InChI=1S/C12H15ClO/c13-9-1-2-10-3-5-11(6-4-10)14-12-7-8-12/h3-6,12H,1-2,7-9H2. The van der Waals surface area contributed by atoms with Gasteiger partial charge < -0.3 is 4.74 Å². The average molecular weight is 211 g/mol. The summed E-state index contributed by atoms with van der Waals surface area (Å²) in [7, 11) is 0. The lowest BCUT2D eigenvalue weighted by Crippen LogP contribution is -1.95. The van der Waals surface area contributed by atoms with Gasteiger partial charge in [-0.1, -0.05) is 12.1 Å². The number of halogens is 1. The fourth-order valence-corrected chi connectivity index (χ4v) is 1.52. The minimum Gasteiger partial charge on any atom is -0.490 e. The van der Waals surface area contributed by atoms with E-state index < -0.39 is 0 Å². The second-order valence-electron chi connectivity index (χ2n) is 3.75. The number of ether oxygens (including phenoxy) is 1. The first-order valence-electron chi connectivity index (χ1n) is 5.20. The van der Waals surface area contributed by atoms with Crippen LogP contribution >= 0.6 is 11.6 Å². The Bertz CT molecular complexity index is 277. The molecule has 1 aliphatic rings. The summed E-state index contributed by atoms with van der Waals surface area (Å²) in [6.07, 6.45) is 5.03. The monoisotopic (exact) mass is 210 g/mol.